The van der Waals surface area contributed by atoms with Crippen molar-refractivity contribution in [1.29, 1.82) is 5.26 Å². The van der Waals surface area contributed by atoms with Crippen LogP contribution in [-0.4, -0.2) is 24.3 Å². The molecule has 6 nitrogen and oxygen atoms in total. The molecule has 0 aliphatic carbocycles. The van der Waals surface area contributed by atoms with Crippen LogP contribution in [0.3, 0.4) is 0 Å². The standard InChI is InChI=1S/C59H38N6/c1-36-16-12-14-24-43(36)42-26-27-55-47(30-42)48-31-45(44-25-15-13-17-37(44)2)46-32-56(48)65(55)57-49(58-61-51(39-18-6-3-7-19-39)33-52(62-58)40-20-8-4-9-21-40)28-38(35-60)29-50(57)59-63-53(34-54(46)64-59)41-22-10-5-11-23-41/h3-34H,1-2H3. The molecule has 0 saturated heterocycles. The molecule has 0 aliphatic rings. The van der Waals surface area contributed by atoms with Crippen LogP contribution in [0.15, 0.2) is 194 Å². The Balaban J connectivity index is 1.33. The van der Waals surface area contributed by atoms with Crippen LogP contribution in [0, 0.1) is 25.2 Å². The van der Waals surface area contributed by atoms with Crippen LogP contribution in [-0.2, 0) is 0 Å². The van der Waals surface area contributed by atoms with Gasteiger partial charge in [0.2, 0.25) is 0 Å². The first kappa shape index (κ1) is 37.9. The molecular formula is C59H38N6. The van der Waals surface area contributed by atoms with Crippen molar-refractivity contribution in [3.05, 3.63) is 211 Å². The number of fused-ring (bicyclic) bond motifs is 10. The minimum absolute atomic E-state index is 0.449. The molecule has 4 bridgehead atoms. The van der Waals surface area contributed by atoms with Gasteiger partial charge in [-0.05, 0) is 95.8 Å². The summed E-state index contributed by atoms with van der Waals surface area (Å²) < 4.78 is 2.34. The Morgan fingerprint density at radius 3 is 1.58 bits per heavy atom. The summed E-state index contributed by atoms with van der Waals surface area (Å²) in [6.45, 7) is 4.33. The van der Waals surface area contributed by atoms with Gasteiger partial charge in [0.1, 0.15) is 0 Å². The van der Waals surface area contributed by atoms with Gasteiger partial charge in [0.25, 0.3) is 0 Å². The third-order valence-corrected chi connectivity index (χ3v) is 12.7. The second-order valence-corrected chi connectivity index (χ2v) is 16.7. The molecule has 0 fully saturated rings. The summed E-state index contributed by atoms with van der Waals surface area (Å²) in [6.07, 6.45) is 0. The molecule has 12 aromatic rings. The average molecular weight is 831 g/mol. The van der Waals surface area contributed by atoms with Gasteiger partial charge >= 0.3 is 0 Å². The molecule has 0 N–H and O–H groups in total. The lowest BCUT2D eigenvalue weighted by Crippen LogP contribution is -1.99. The second kappa shape index (κ2) is 15.2. The number of benzene rings is 8. The first-order valence-electron chi connectivity index (χ1n) is 21.8. The number of nitriles is 1. The van der Waals surface area contributed by atoms with E-state index >= 15 is 0 Å². The fourth-order valence-corrected chi connectivity index (χ4v) is 9.51. The molecule has 0 spiro atoms. The summed E-state index contributed by atoms with van der Waals surface area (Å²) in [7, 11) is 0. The van der Waals surface area contributed by atoms with Gasteiger partial charge in [-0.25, -0.2) is 19.9 Å². The van der Waals surface area contributed by atoms with Crippen LogP contribution in [0.5, 0.6) is 0 Å². The van der Waals surface area contributed by atoms with E-state index in [-0.39, 0.29) is 0 Å². The topological polar surface area (TPSA) is 79.8 Å². The molecule has 4 aromatic heterocycles. The number of aromatic nitrogens is 5. The summed E-state index contributed by atoms with van der Waals surface area (Å²) in [4.78, 5) is 21.6. The van der Waals surface area contributed by atoms with Gasteiger partial charge in [0.05, 0.1) is 50.8 Å². The first-order chi connectivity index (χ1) is 32.0. The molecule has 6 heteroatoms. The van der Waals surface area contributed by atoms with E-state index < -0.39 is 0 Å². The molecule has 0 unspecified atom stereocenters. The summed E-state index contributed by atoms with van der Waals surface area (Å²) in [5.41, 5.74) is 17.3. The van der Waals surface area contributed by atoms with E-state index in [1.165, 1.54) is 16.7 Å². The van der Waals surface area contributed by atoms with Gasteiger partial charge in [-0.2, -0.15) is 5.26 Å². The number of hydrogen-bond donors (Lipinski definition) is 0. The van der Waals surface area contributed by atoms with Crippen LogP contribution in [0.2, 0.25) is 0 Å². The Morgan fingerprint density at radius 2 is 0.969 bits per heavy atom. The summed E-state index contributed by atoms with van der Waals surface area (Å²) in [6, 6.07) is 69.7. The Bertz CT molecular complexity index is 3850. The van der Waals surface area contributed by atoms with Crippen LogP contribution in [0.1, 0.15) is 16.7 Å². The fourth-order valence-electron chi connectivity index (χ4n) is 9.51. The molecule has 65 heavy (non-hydrogen) atoms. The highest BCUT2D eigenvalue weighted by molar-refractivity contribution is 6.18. The van der Waals surface area contributed by atoms with E-state index in [2.05, 4.69) is 146 Å². The maximum Gasteiger partial charge on any atom is 0.162 e. The van der Waals surface area contributed by atoms with E-state index in [1.54, 1.807) is 0 Å². The third-order valence-electron chi connectivity index (χ3n) is 12.7. The molecule has 8 aromatic carbocycles. The Hall–Kier alpha value is -8.79. The predicted molar refractivity (Wildman–Crippen MR) is 265 cm³/mol. The van der Waals surface area contributed by atoms with E-state index in [4.69, 9.17) is 19.9 Å². The van der Waals surface area contributed by atoms with Crippen molar-refractivity contribution in [1.82, 2.24) is 24.3 Å². The monoisotopic (exact) mass is 830 g/mol. The van der Waals surface area contributed by atoms with Gasteiger partial charge in [0.15, 0.2) is 11.5 Å². The normalized spacial score (nSPS) is 11.5. The van der Waals surface area contributed by atoms with Gasteiger partial charge in [-0.15, -0.1) is 0 Å². The lowest BCUT2D eigenvalue weighted by Gasteiger charge is -2.13. The Labute approximate surface area is 375 Å². The SMILES string of the molecule is Cc1ccccc1-c1ccc2c(c1)c1cc(-c3ccccc3C)c3cc1n2c1c(-c2nc(-c4ccccc4)cc(-c4ccccc4)n2)cc(C#N)cc1c1nc(-c2ccccc2)cc3n1. The number of rotatable bonds is 6. The van der Waals surface area contributed by atoms with Crippen LogP contribution >= 0.6 is 0 Å². The molecular weight excluding hydrogens is 793 g/mol. The smallest absolute Gasteiger partial charge is 0.162 e. The quantitative estimate of drug-likeness (QED) is 0.167. The zero-order valence-electron chi connectivity index (χ0n) is 35.7. The maximum atomic E-state index is 10.9. The van der Waals surface area contributed by atoms with Gasteiger partial charge in [-0.1, -0.05) is 146 Å². The highest BCUT2D eigenvalue weighted by atomic mass is 14.9. The number of hydrogen-bond acceptors (Lipinski definition) is 5. The van der Waals surface area contributed by atoms with E-state index in [9.17, 15) is 5.26 Å². The zero-order valence-corrected chi connectivity index (χ0v) is 35.7. The molecule has 12 rings (SSSR count). The van der Waals surface area contributed by atoms with Crippen molar-refractivity contribution < 1.29 is 0 Å². The van der Waals surface area contributed by atoms with Crippen molar-refractivity contribution in [3.63, 3.8) is 0 Å². The average Bonchev–Trinajstić information content (AvgIpc) is 3.69. The highest BCUT2D eigenvalue weighted by Gasteiger charge is 2.23. The molecule has 0 aliphatic heterocycles. The Kier molecular flexibility index (Phi) is 8.89. The van der Waals surface area contributed by atoms with E-state index in [1.807, 2.05) is 72.8 Å². The minimum Gasteiger partial charge on any atom is -0.308 e. The van der Waals surface area contributed by atoms with Crippen LogP contribution in [0.25, 0.3) is 117 Å². The lowest BCUT2D eigenvalue weighted by atomic mass is 9.94. The molecule has 304 valence electrons. The summed E-state index contributed by atoms with van der Waals surface area (Å²) >= 11 is 0. The van der Waals surface area contributed by atoms with Gasteiger partial charge < -0.3 is 4.40 Å². The third kappa shape index (κ3) is 6.41. The largest absolute Gasteiger partial charge is 0.308 e. The van der Waals surface area contributed by atoms with E-state index in [0.29, 0.717) is 28.0 Å². The second-order valence-electron chi connectivity index (χ2n) is 16.7. The van der Waals surface area contributed by atoms with Crippen LogP contribution < -0.4 is 0 Å². The fraction of sp³-hybridized carbons (Fsp3) is 0.0339. The van der Waals surface area contributed by atoms with Crippen molar-refractivity contribution in [2.45, 2.75) is 13.8 Å². The lowest BCUT2D eigenvalue weighted by molar-refractivity contribution is 1.18. The molecule has 0 saturated carbocycles. The van der Waals surface area contributed by atoms with Crippen molar-refractivity contribution in [3.8, 4) is 73.5 Å². The van der Waals surface area contributed by atoms with Crippen molar-refractivity contribution in [2.24, 2.45) is 0 Å². The molecule has 4 heterocycles. The number of nitrogens with zero attached hydrogens (tertiary/aromatic N) is 6. The van der Waals surface area contributed by atoms with Gasteiger partial charge in [-0.3, -0.25) is 0 Å². The molecule has 0 amide bonds. The highest BCUT2D eigenvalue weighted by Crippen LogP contribution is 2.43. The van der Waals surface area contributed by atoms with Gasteiger partial charge in [0, 0.05) is 43.8 Å². The van der Waals surface area contributed by atoms with E-state index in [0.717, 1.165) is 88.7 Å². The first-order valence-corrected chi connectivity index (χ1v) is 21.8. The van der Waals surface area contributed by atoms with Crippen LogP contribution in [0.4, 0.5) is 0 Å². The zero-order chi connectivity index (χ0) is 43.6. The van der Waals surface area contributed by atoms with Crippen molar-refractivity contribution >= 4 is 49.3 Å². The predicted octanol–water partition coefficient (Wildman–Crippen LogP) is 14.6. The number of aryl methyl sites for hydroxylation is 2. The summed E-state index contributed by atoms with van der Waals surface area (Å²) in [5, 5.41) is 14.8. The molecule has 0 radical (unpaired) electrons. The van der Waals surface area contributed by atoms with Crippen molar-refractivity contribution in [2.75, 3.05) is 0 Å². The maximum absolute atomic E-state index is 10.9. The molecule has 0 atom stereocenters. The Morgan fingerprint density at radius 1 is 0.400 bits per heavy atom. The summed E-state index contributed by atoms with van der Waals surface area (Å²) in [5.74, 6) is 0.487. The minimum atomic E-state index is 0.449.